The summed E-state index contributed by atoms with van der Waals surface area (Å²) in [5, 5.41) is 15.4. The summed E-state index contributed by atoms with van der Waals surface area (Å²) in [6.45, 7) is 6.67. The molecule has 24 heavy (non-hydrogen) atoms. The van der Waals surface area contributed by atoms with Crippen molar-refractivity contribution < 1.29 is 9.53 Å². The number of rotatable bonds is 4. The Bertz CT molecular complexity index is 725. The fourth-order valence-corrected chi connectivity index (χ4v) is 3.42. The molecule has 1 aliphatic rings. The average Bonchev–Trinajstić information content (AvgIpc) is 3.02. The molecule has 8 heteroatoms. The molecule has 128 valence electrons. The molecule has 0 saturated heterocycles. The number of fused-ring (bicyclic) bond motifs is 1. The van der Waals surface area contributed by atoms with Gasteiger partial charge >= 0.3 is 0 Å². The molecular weight excluding hydrogens is 326 g/mol. The van der Waals surface area contributed by atoms with Gasteiger partial charge < -0.3 is 10.1 Å². The number of amides is 1. The highest BCUT2D eigenvalue weighted by Gasteiger charge is 2.24. The topological polar surface area (TPSA) is 81.9 Å². The summed E-state index contributed by atoms with van der Waals surface area (Å²) in [5.41, 5.74) is 0.809. The number of aromatic nitrogens is 4. The largest absolute Gasteiger partial charge is 0.493 e. The fraction of sp³-hybridized carbons (Fsp3) is 0.500. The first kappa shape index (κ1) is 16.8. The van der Waals surface area contributed by atoms with Gasteiger partial charge in [0.2, 0.25) is 11.1 Å². The molecule has 1 aromatic heterocycles. The molecule has 1 aromatic carbocycles. The second-order valence-corrected chi connectivity index (χ2v) is 7.57. The average molecular weight is 347 g/mol. The number of nitrogens with one attached hydrogen (secondary N) is 1. The number of hydrogen-bond acceptors (Lipinski definition) is 6. The number of para-hydroxylation sites is 1. The van der Waals surface area contributed by atoms with E-state index in [0.29, 0.717) is 11.8 Å². The van der Waals surface area contributed by atoms with E-state index < -0.39 is 0 Å². The Hall–Kier alpha value is -2.09. The summed E-state index contributed by atoms with van der Waals surface area (Å²) in [6.07, 6.45) is 0.771. The summed E-state index contributed by atoms with van der Waals surface area (Å²) in [4.78, 5) is 12.3. The summed E-state index contributed by atoms with van der Waals surface area (Å²) in [6, 6.07) is 7.80. The van der Waals surface area contributed by atoms with Crippen molar-refractivity contribution in [2.75, 3.05) is 12.4 Å². The van der Waals surface area contributed by atoms with Crippen molar-refractivity contribution in [3.63, 3.8) is 0 Å². The highest BCUT2D eigenvalue weighted by Crippen LogP contribution is 2.31. The Morgan fingerprint density at radius 1 is 1.42 bits per heavy atom. The molecule has 0 fully saturated rings. The number of thioether (sulfide) groups is 1. The Balaban J connectivity index is 1.61. The minimum Gasteiger partial charge on any atom is -0.493 e. The van der Waals surface area contributed by atoms with Gasteiger partial charge in [-0.3, -0.25) is 4.79 Å². The van der Waals surface area contributed by atoms with Crippen LogP contribution in [0.2, 0.25) is 0 Å². The second-order valence-electron chi connectivity index (χ2n) is 6.63. The van der Waals surface area contributed by atoms with Crippen molar-refractivity contribution in [3.8, 4) is 5.75 Å². The SMILES string of the molecule is CC(C)(C)n1nnnc1SCC(=O)NC1CCOc2ccccc21. The van der Waals surface area contributed by atoms with Gasteiger partial charge in [-0.25, -0.2) is 4.68 Å². The van der Waals surface area contributed by atoms with Crippen molar-refractivity contribution in [2.24, 2.45) is 0 Å². The quantitative estimate of drug-likeness (QED) is 0.854. The third-order valence-corrected chi connectivity index (χ3v) is 4.62. The minimum absolute atomic E-state index is 0.0124. The Labute approximate surface area is 145 Å². The molecule has 2 heterocycles. The van der Waals surface area contributed by atoms with Gasteiger partial charge in [0.25, 0.3) is 0 Å². The van der Waals surface area contributed by atoms with Crippen molar-refractivity contribution in [1.29, 1.82) is 0 Å². The van der Waals surface area contributed by atoms with Crippen molar-refractivity contribution >= 4 is 17.7 Å². The smallest absolute Gasteiger partial charge is 0.230 e. The van der Waals surface area contributed by atoms with Crippen LogP contribution in [0.15, 0.2) is 29.4 Å². The monoisotopic (exact) mass is 347 g/mol. The molecular formula is C16H21N5O2S. The molecule has 3 rings (SSSR count). The second kappa shape index (κ2) is 6.80. The lowest BCUT2D eigenvalue weighted by Crippen LogP contribution is -2.33. The molecule has 1 atom stereocenters. The van der Waals surface area contributed by atoms with Gasteiger partial charge in [-0.15, -0.1) is 5.10 Å². The maximum absolute atomic E-state index is 12.3. The van der Waals surface area contributed by atoms with Crippen LogP contribution in [0.25, 0.3) is 0 Å². The van der Waals surface area contributed by atoms with E-state index >= 15 is 0 Å². The van der Waals surface area contributed by atoms with Gasteiger partial charge in [0.15, 0.2) is 0 Å². The van der Waals surface area contributed by atoms with Crippen LogP contribution >= 0.6 is 11.8 Å². The van der Waals surface area contributed by atoms with Crippen LogP contribution in [0.1, 0.15) is 38.8 Å². The molecule has 1 amide bonds. The summed E-state index contributed by atoms with van der Waals surface area (Å²) >= 11 is 1.34. The van der Waals surface area contributed by atoms with Gasteiger partial charge in [-0.05, 0) is 37.3 Å². The van der Waals surface area contributed by atoms with Crippen LogP contribution in [0.3, 0.4) is 0 Å². The molecule has 1 N–H and O–H groups in total. The number of nitrogens with zero attached hydrogens (tertiary/aromatic N) is 4. The predicted octanol–water partition coefficient (Wildman–Crippen LogP) is 2.16. The van der Waals surface area contributed by atoms with Gasteiger partial charge in [-0.1, -0.05) is 30.0 Å². The summed E-state index contributed by atoms with van der Waals surface area (Å²) in [5.74, 6) is 1.08. The standard InChI is InChI=1S/C16H21N5O2S/c1-16(2,3)21-15(18-19-20-21)24-10-14(22)17-12-8-9-23-13-7-5-4-6-11(12)13/h4-7,12H,8-10H2,1-3H3,(H,17,22). The lowest BCUT2D eigenvalue weighted by Gasteiger charge is -2.26. The lowest BCUT2D eigenvalue weighted by atomic mass is 10.0. The van der Waals surface area contributed by atoms with E-state index in [1.54, 1.807) is 4.68 Å². The Morgan fingerprint density at radius 3 is 3.00 bits per heavy atom. The van der Waals surface area contributed by atoms with E-state index in [1.165, 1.54) is 11.8 Å². The van der Waals surface area contributed by atoms with Gasteiger partial charge in [0.05, 0.1) is 23.9 Å². The zero-order chi connectivity index (χ0) is 17.2. The van der Waals surface area contributed by atoms with Crippen LogP contribution in [0.5, 0.6) is 5.75 Å². The van der Waals surface area contributed by atoms with Crippen molar-refractivity contribution in [2.45, 2.75) is 43.9 Å². The first-order chi connectivity index (χ1) is 11.4. The van der Waals surface area contributed by atoms with Gasteiger partial charge in [0.1, 0.15) is 5.75 Å². The van der Waals surface area contributed by atoms with E-state index in [-0.39, 0.29) is 23.2 Å². The van der Waals surface area contributed by atoms with Crippen LogP contribution in [0, 0.1) is 0 Å². The third kappa shape index (κ3) is 3.69. The fourth-order valence-electron chi connectivity index (χ4n) is 2.55. The van der Waals surface area contributed by atoms with E-state index in [2.05, 4.69) is 20.8 Å². The Morgan fingerprint density at radius 2 is 2.21 bits per heavy atom. The van der Waals surface area contributed by atoms with Crippen molar-refractivity contribution in [3.05, 3.63) is 29.8 Å². The van der Waals surface area contributed by atoms with E-state index in [1.807, 2.05) is 45.0 Å². The van der Waals surface area contributed by atoms with Gasteiger partial charge in [-0.2, -0.15) is 0 Å². The lowest BCUT2D eigenvalue weighted by molar-refractivity contribution is -0.119. The molecule has 0 spiro atoms. The maximum atomic E-state index is 12.3. The molecule has 0 radical (unpaired) electrons. The highest BCUT2D eigenvalue weighted by atomic mass is 32.2. The van der Waals surface area contributed by atoms with Crippen molar-refractivity contribution in [1.82, 2.24) is 25.5 Å². The predicted molar refractivity (Wildman–Crippen MR) is 91.0 cm³/mol. The minimum atomic E-state index is -0.220. The zero-order valence-corrected chi connectivity index (χ0v) is 14.8. The molecule has 0 saturated carbocycles. The van der Waals surface area contributed by atoms with Crippen LogP contribution < -0.4 is 10.1 Å². The number of carbonyl (C=O) groups excluding carboxylic acids is 1. The first-order valence-corrected chi connectivity index (χ1v) is 8.86. The van der Waals surface area contributed by atoms with Crippen LogP contribution in [0.4, 0.5) is 0 Å². The highest BCUT2D eigenvalue weighted by molar-refractivity contribution is 7.99. The molecule has 0 bridgehead atoms. The Kier molecular flexibility index (Phi) is 4.75. The van der Waals surface area contributed by atoms with E-state index in [4.69, 9.17) is 4.74 Å². The molecule has 7 nitrogen and oxygen atoms in total. The summed E-state index contributed by atoms with van der Waals surface area (Å²) in [7, 11) is 0. The van der Waals surface area contributed by atoms with Crippen LogP contribution in [-0.4, -0.2) is 38.5 Å². The van der Waals surface area contributed by atoms with Gasteiger partial charge in [0, 0.05) is 12.0 Å². The third-order valence-electron chi connectivity index (χ3n) is 3.70. The molecule has 2 aromatic rings. The van der Waals surface area contributed by atoms with E-state index in [0.717, 1.165) is 17.7 Å². The summed E-state index contributed by atoms with van der Waals surface area (Å²) < 4.78 is 7.35. The molecule has 1 aliphatic heterocycles. The normalized spacial score (nSPS) is 17.0. The number of carbonyl (C=O) groups is 1. The van der Waals surface area contributed by atoms with E-state index in [9.17, 15) is 4.79 Å². The molecule has 0 aliphatic carbocycles. The number of tetrazole rings is 1. The van der Waals surface area contributed by atoms with Crippen LogP contribution in [-0.2, 0) is 10.3 Å². The maximum Gasteiger partial charge on any atom is 0.230 e. The molecule has 1 unspecified atom stereocenters. The number of benzene rings is 1. The number of hydrogen-bond donors (Lipinski definition) is 1. The number of ether oxygens (including phenoxy) is 1. The first-order valence-electron chi connectivity index (χ1n) is 7.88. The zero-order valence-electron chi connectivity index (χ0n) is 14.0.